The van der Waals surface area contributed by atoms with E-state index in [1.54, 1.807) is 32.0 Å². The lowest BCUT2D eigenvalue weighted by Crippen LogP contribution is -2.28. The maximum absolute atomic E-state index is 14.0. The summed E-state index contributed by atoms with van der Waals surface area (Å²) in [6.45, 7) is 3.35. The highest BCUT2D eigenvalue weighted by atomic mass is 31.1. The van der Waals surface area contributed by atoms with E-state index in [1.165, 1.54) is 19.2 Å². The van der Waals surface area contributed by atoms with Gasteiger partial charge in [0.2, 0.25) is 0 Å². The Labute approximate surface area is 261 Å². The van der Waals surface area contributed by atoms with Gasteiger partial charge in [-0.2, -0.15) is 52.7 Å². The summed E-state index contributed by atoms with van der Waals surface area (Å²) in [7, 11) is -0.836. The minimum atomic E-state index is -5.38. The van der Waals surface area contributed by atoms with Gasteiger partial charge in [0, 0.05) is 10.9 Å². The fraction of sp³-hybridized carbons (Fsp3) is 0.250. The van der Waals surface area contributed by atoms with E-state index in [9.17, 15) is 52.7 Å². The molecule has 252 valence electrons. The number of aryl methyl sites for hydroxylation is 2. The second-order valence-corrected chi connectivity index (χ2v) is 12.5. The Kier molecular flexibility index (Phi) is 9.62. The van der Waals surface area contributed by atoms with Crippen LogP contribution in [0.25, 0.3) is 11.1 Å². The van der Waals surface area contributed by atoms with Gasteiger partial charge in [0.1, 0.15) is 11.5 Å². The van der Waals surface area contributed by atoms with E-state index >= 15 is 0 Å². The molecular weight excluding hydrogens is 675 g/mol. The molecule has 0 unspecified atom stereocenters. The zero-order chi connectivity index (χ0) is 35.3. The normalized spacial score (nSPS) is 12.9. The van der Waals surface area contributed by atoms with Gasteiger partial charge in [0.25, 0.3) is 0 Å². The summed E-state index contributed by atoms with van der Waals surface area (Å²) in [4.78, 5) is 0. The monoisotopic (exact) mass is 698 g/mol. The second-order valence-electron chi connectivity index (χ2n) is 10.4. The molecule has 0 saturated carbocycles. The zero-order valence-corrected chi connectivity index (χ0v) is 25.5. The number of benzene rings is 4. The first-order valence-corrected chi connectivity index (χ1v) is 14.6. The molecule has 4 rings (SSSR count). The third-order valence-electron chi connectivity index (χ3n) is 7.08. The lowest BCUT2D eigenvalue weighted by molar-refractivity contribution is -0.144. The Hall–Kier alpha value is -3.93. The lowest BCUT2D eigenvalue weighted by Gasteiger charge is -2.28. The van der Waals surface area contributed by atoms with Gasteiger partial charge in [-0.1, -0.05) is 23.8 Å². The highest BCUT2D eigenvalue weighted by Gasteiger charge is 2.41. The van der Waals surface area contributed by atoms with Crippen molar-refractivity contribution >= 4 is 23.8 Å². The molecule has 0 aliphatic rings. The molecule has 0 saturated heterocycles. The van der Waals surface area contributed by atoms with Crippen molar-refractivity contribution in [1.82, 2.24) is 0 Å². The van der Waals surface area contributed by atoms with Crippen LogP contribution >= 0.6 is 7.92 Å². The van der Waals surface area contributed by atoms with E-state index in [0.29, 0.717) is 35.4 Å². The number of hydrogen-bond acceptors (Lipinski definition) is 2. The molecule has 0 aliphatic carbocycles. The quantitative estimate of drug-likeness (QED) is 0.148. The molecule has 0 aliphatic heterocycles. The molecular formula is C32H23F12O2P. The molecule has 15 heteroatoms. The molecule has 0 atom stereocenters. The van der Waals surface area contributed by atoms with E-state index in [-0.39, 0.29) is 34.5 Å². The number of methoxy groups -OCH3 is 2. The number of ether oxygens (including phenoxy) is 2. The summed E-state index contributed by atoms with van der Waals surface area (Å²) >= 11 is 0. The maximum atomic E-state index is 14.0. The van der Waals surface area contributed by atoms with Gasteiger partial charge in [0.05, 0.1) is 36.5 Å². The summed E-state index contributed by atoms with van der Waals surface area (Å²) < 4.78 is 179. The largest absolute Gasteiger partial charge is 0.496 e. The van der Waals surface area contributed by atoms with Crippen LogP contribution in [-0.4, -0.2) is 14.2 Å². The van der Waals surface area contributed by atoms with Crippen molar-refractivity contribution in [3.05, 3.63) is 100 Å². The lowest BCUT2D eigenvalue weighted by atomic mass is 9.97. The van der Waals surface area contributed by atoms with Crippen LogP contribution in [0.2, 0.25) is 0 Å². The van der Waals surface area contributed by atoms with Crippen molar-refractivity contribution in [3.8, 4) is 22.6 Å². The van der Waals surface area contributed by atoms with Crippen molar-refractivity contribution in [1.29, 1.82) is 0 Å². The fourth-order valence-corrected chi connectivity index (χ4v) is 7.73. The molecule has 0 aromatic heterocycles. The highest BCUT2D eigenvalue weighted by Crippen LogP contribution is 2.48. The summed E-state index contributed by atoms with van der Waals surface area (Å²) in [5.74, 6) is -0.255. The Morgan fingerprint density at radius 1 is 0.489 bits per heavy atom. The molecule has 0 heterocycles. The predicted molar refractivity (Wildman–Crippen MR) is 153 cm³/mol. The standard InChI is InChI=1S/C32H23F12O2P/c1-16-5-6-24(17(2)9-16)27-25(45-3)7-8-26(46-4)28(27)47(22-12-18(29(33,34)35)10-19(13-22)30(36,37)38)23-14-20(31(39,40)41)11-21(15-23)32(42,43)44/h5-15H,1-4H3. The molecule has 4 aromatic rings. The van der Waals surface area contributed by atoms with E-state index < -0.39 is 65.5 Å². The number of halogens is 12. The number of alkyl halides is 12. The molecule has 0 N–H and O–H groups in total. The van der Waals surface area contributed by atoms with Crippen LogP contribution in [0.3, 0.4) is 0 Å². The average Bonchev–Trinajstić information content (AvgIpc) is 2.95. The number of rotatable bonds is 6. The van der Waals surface area contributed by atoms with Gasteiger partial charge in [-0.25, -0.2) is 0 Å². The fourth-order valence-electron chi connectivity index (χ4n) is 5.01. The summed E-state index contributed by atoms with van der Waals surface area (Å²) in [5.41, 5.74) is -5.71. The molecule has 0 spiro atoms. The van der Waals surface area contributed by atoms with Gasteiger partial charge < -0.3 is 9.47 Å². The first kappa shape index (κ1) is 35.9. The third-order valence-corrected chi connectivity index (χ3v) is 9.52. The summed E-state index contributed by atoms with van der Waals surface area (Å²) in [6.07, 6.45) is -21.5. The van der Waals surface area contributed by atoms with E-state index in [0.717, 1.165) is 12.7 Å². The highest BCUT2D eigenvalue weighted by molar-refractivity contribution is 7.80. The van der Waals surface area contributed by atoms with E-state index in [1.807, 2.05) is 0 Å². The topological polar surface area (TPSA) is 18.5 Å². The van der Waals surface area contributed by atoms with Crippen LogP contribution in [0.15, 0.2) is 66.7 Å². The molecule has 0 radical (unpaired) electrons. The van der Waals surface area contributed by atoms with E-state index in [2.05, 4.69) is 0 Å². The minimum Gasteiger partial charge on any atom is -0.496 e. The van der Waals surface area contributed by atoms with Crippen LogP contribution < -0.4 is 25.4 Å². The molecule has 2 nitrogen and oxygen atoms in total. The SMILES string of the molecule is COc1ccc(OC)c(P(c2cc(C(F)(F)F)cc(C(F)(F)F)c2)c2cc(C(F)(F)F)cc(C(F)(F)F)c2)c1-c1ccc(C)cc1C. The maximum Gasteiger partial charge on any atom is 0.416 e. The minimum absolute atomic E-state index is 0.00704. The van der Waals surface area contributed by atoms with Gasteiger partial charge in [-0.15, -0.1) is 0 Å². The zero-order valence-electron chi connectivity index (χ0n) is 24.7. The Morgan fingerprint density at radius 2 is 0.872 bits per heavy atom. The van der Waals surface area contributed by atoms with Gasteiger partial charge in [-0.3, -0.25) is 0 Å². The van der Waals surface area contributed by atoms with Crippen molar-refractivity contribution in [2.45, 2.75) is 38.6 Å². The van der Waals surface area contributed by atoms with Gasteiger partial charge in [0.15, 0.2) is 0 Å². The number of hydrogen-bond donors (Lipinski definition) is 0. The van der Waals surface area contributed by atoms with Crippen LogP contribution in [0.5, 0.6) is 11.5 Å². The average molecular weight is 698 g/mol. The second kappa shape index (κ2) is 12.6. The van der Waals surface area contributed by atoms with Crippen LogP contribution in [0, 0.1) is 13.8 Å². The van der Waals surface area contributed by atoms with Crippen molar-refractivity contribution in [2.24, 2.45) is 0 Å². The first-order chi connectivity index (χ1) is 21.6. The van der Waals surface area contributed by atoms with Crippen LogP contribution in [0.1, 0.15) is 33.4 Å². The van der Waals surface area contributed by atoms with Crippen LogP contribution in [-0.2, 0) is 24.7 Å². The van der Waals surface area contributed by atoms with Gasteiger partial charge >= 0.3 is 24.7 Å². The predicted octanol–water partition coefficient (Wildman–Crippen LogP) is 9.82. The molecule has 47 heavy (non-hydrogen) atoms. The molecule has 0 fully saturated rings. The summed E-state index contributed by atoms with van der Waals surface area (Å²) in [5, 5.41) is -1.95. The van der Waals surface area contributed by atoms with Crippen LogP contribution in [0.4, 0.5) is 52.7 Å². The van der Waals surface area contributed by atoms with Crippen molar-refractivity contribution < 1.29 is 62.2 Å². The molecule has 0 bridgehead atoms. The van der Waals surface area contributed by atoms with Crippen molar-refractivity contribution in [3.63, 3.8) is 0 Å². The Bertz CT molecular complexity index is 1650. The molecule has 4 aromatic carbocycles. The summed E-state index contributed by atoms with van der Waals surface area (Å²) in [6, 6.07) is 8.20. The Balaban J connectivity index is 2.31. The van der Waals surface area contributed by atoms with Crippen molar-refractivity contribution in [2.75, 3.05) is 14.2 Å². The van der Waals surface area contributed by atoms with Gasteiger partial charge in [-0.05, 0) is 92.0 Å². The molecule has 0 amide bonds. The Morgan fingerprint density at radius 3 is 1.21 bits per heavy atom. The smallest absolute Gasteiger partial charge is 0.416 e. The third kappa shape index (κ3) is 7.63. The first-order valence-electron chi connectivity index (χ1n) is 13.3. The van der Waals surface area contributed by atoms with E-state index in [4.69, 9.17) is 9.47 Å².